The summed E-state index contributed by atoms with van der Waals surface area (Å²) < 4.78 is 5.38. The summed E-state index contributed by atoms with van der Waals surface area (Å²) in [6, 6.07) is 4.13. The minimum atomic E-state index is -0.124. The predicted octanol–water partition coefficient (Wildman–Crippen LogP) is 3.71. The minimum absolute atomic E-state index is 0.124. The van der Waals surface area contributed by atoms with E-state index in [0.717, 1.165) is 11.3 Å². The lowest BCUT2D eigenvalue weighted by molar-refractivity contribution is 0.0906. The van der Waals surface area contributed by atoms with Crippen LogP contribution in [0, 0.1) is 5.92 Å². The Morgan fingerprint density at radius 3 is 3.05 bits per heavy atom. The van der Waals surface area contributed by atoms with E-state index in [9.17, 15) is 4.79 Å². The summed E-state index contributed by atoms with van der Waals surface area (Å²) in [4.78, 5) is 17.4. The van der Waals surface area contributed by atoms with Crippen molar-refractivity contribution in [1.29, 1.82) is 0 Å². The van der Waals surface area contributed by atoms with E-state index in [-0.39, 0.29) is 11.9 Å². The number of thiophene rings is 1. The Morgan fingerprint density at radius 2 is 2.30 bits per heavy atom. The van der Waals surface area contributed by atoms with Crippen molar-refractivity contribution in [3.8, 4) is 10.6 Å². The van der Waals surface area contributed by atoms with Gasteiger partial charge in [0.15, 0.2) is 17.8 Å². The van der Waals surface area contributed by atoms with E-state index < -0.39 is 0 Å². The molecule has 1 aliphatic carbocycles. The SMILES string of the molecule is C[C@H]1CCCC[C@H]1NC(=O)c1ncoc1-c1cccs1. The standard InChI is InChI=1S/C15H18N2O2S/c1-10-5-2-3-6-11(10)17-15(18)13-14(19-9-16-13)12-7-4-8-20-12/h4,7-11H,2-3,5-6H2,1H3,(H,17,18)/t10-,11+/m0/s1. The number of nitrogens with one attached hydrogen (secondary N) is 1. The summed E-state index contributed by atoms with van der Waals surface area (Å²) in [5.74, 6) is 0.978. The predicted molar refractivity (Wildman–Crippen MR) is 78.7 cm³/mol. The molecule has 20 heavy (non-hydrogen) atoms. The first-order valence-electron chi connectivity index (χ1n) is 7.04. The normalized spacial score (nSPS) is 22.6. The molecule has 0 aromatic carbocycles. The number of hydrogen-bond donors (Lipinski definition) is 1. The van der Waals surface area contributed by atoms with Crippen LogP contribution in [-0.4, -0.2) is 16.9 Å². The van der Waals surface area contributed by atoms with Crippen LogP contribution >= 0.6 is 11.3 Å². The van der Waals surface area contributed by atoms with E-state index in [1.165, 1.54) is 25.7 Å². The van der Waals surface area contributed by atoms with Crippen molar-refractivity contribution < 1.29 is 9.21 Å². The fourth-order valence-corrected chi connectivity index (χ4v) is 3.47. The Morgan fingerprint density at radius 1 is 1.45 bits per heavy atom. The van der Waals surface area contributed by atoms with Crippen LogP contribution in [0.2, 0.25) is 0 Å². The van der Waals surface area contributed by atoms with E-state index in [1.54, 1.807) is 11.3 Å². The van der Waals surface area contributed by atoms with Crippen LogP contribution in [0.4, 0.5) is 0 Å². The lowest BCUT2D eigenvalue weighted by Gasteiger charge is -2.29. The molecule has 2 atom stereocenters. The molecule has 1 N–H and O–H groups in total. The molecule has 1 aliphatic rings. The first-order chi connectivity index (χ1) is 9.75. The number of carbonyl (C=O) groups excluding carboxylic acids is 1. The number of nitrogens with zero attached hydrogens (tertiary/aromatic N) is 1. The molecule has 2 heterocycles. The molecule has 1 fully saturated rings. The van der Waals surface area contributed by atoms with Gasteiger partial charge in [0.05, 0.1) is 4.88 Å². The third kappa shape index (κ3) is 2.63. The Kier molecular flexibility index (Phi) is 3.87. The molecule has 0 unspecified atom stereocenters. The van der Waals surface area contributed by atoms with Crippen LogP contribution in [-0.2, 0) is 0 Å². The Hall–Kier alpha value is -1.62. The summed E-state index contributed by atoms with van der Waals surface area (Å²) >= 11 is 1.55. The van der Waals surface area contributed by atoms with Crippen molar-refractivity contribution in [2.75, 3.05) is 0 Å². The lowest BCUT2D eigenvalue weighted by atomic mass is 9.86. The first kappa shape index (κ1) is 13.4. The maximum atomic E-state index is 12.4. The van der Waals surface area contributed by atoms with E-state index in [1.807, 2.05) is 17.5 Å². The highest BCUT2D eigenvalue weighted by Gasteiger charge is 2.26. The van der Waals surface area contributed by atoms with Gasteiger partial charge in [0.25, 0.3) is 5.91 Å². The molecule has 0 saturated heterocycles. The van der Waals surface area contributed by atoms with Gasteiger partial charge in [0, 0.05) is 6.04 Å². The van der Waals surface area contributed by atoms with Gasteiger partial charge in [-0.05, 0) is 30.2 Å². The van der Waals surface area contributed by atoms with Crippen molar-refractivity contribution >= 4 is 17.2 Å². The molecule has 3 rings (SSSR count). The summed E-state index contributed by atoms with van der Waals surface area (Å²) in [7, 11) is 0. The molecule has 4 nitrogen and oxygen atoms in total. The second kappa shape index (κ2) is 5.79. The van der Waals surface area contributed by atoms with E-state index >= 15 is 0 Å². The fourth-order valence-electron chi connectivity index (χ4n) is 2.76. The van der Waals surface area contributed by atoms with Crippen molar-refractivity contribution in [2.24, 2.45) is 5.92 Å². The van der Waals surface area contributed by atoms with Crippen LogP contribution < -0.4 is 5.32 Å². The van der Waals surface area contributed by atoms with Gasteiger partial charge in [-0.3, -0.25) is 4.79 Å². The summed E-state index contributed by atoms with van der Waals surface area (Å²) in [6.07, 6.45) is 6.03. The topological polar surface area (TPSA) is 55.1 Å². The number of rotatable bonds is 3. The fraction of sp³-hybridized carbons (Fsp3) is 0.467. The highest BCUT2D eigenvalue weighted by Crippen LogP contribution is 2.28. The van der Waals surface area contributed by atoms with Gasteiger partial charge < -0.3 is 9.73 Å². The lowest BCUT2D eigenvalue weighted by Crippen LogP contribution is -2.41. The van der Waals surface area contributed by atoms with Crippen molar-refractivity contribution in [1.82, 2.24) is 10.3 Å². The average Bonchev–Trinajstić information content (AvgIpc) is 3.11. The van der Waals surface area contributed by atoms with Crippen LogP contribution in [0.25, 0.3) is 10.6 Å². The van der Waals surface area contributed by atoms with Crippen LogP contribution in [0.15, 0.2) is 28.3 Å². The van der Waals surface area contributed by atoms with Gasteiger partial charge in [0.1, 0.15) is 0 Å². The number of hydrogen-bond acceptors (Lipinski definition) is 4. The maximum Gasteiger partial charge on any atom is 0.274 e. The van der Waals surface area contributed by atoms with E-state index in [0.29, 0.717) is 17.4 Å². The quantitative estimate of drug-likeness (QED) is 0.937. The molecule has 106 valence electrons. The molecule has 0 aliphatic heterocycles. The number of carbonyl (C=O) groups is 1. The molecule has 2 aromatic rings. The number of oxazole rings is 1. The molecule has 2 aromatic heterocycles. The van der Waals surface area contributed by atoms with Gasteiger partial charge in [0.2, 0.25) is 0 Å². The molecule has 0 spiro atoms. The van der Waals surface area contributed by atoms with Crippen molar-refractivity contribution in [3.63, 3.8) is 0 Å². The maximum absolute atomic E-state index is 12.4. The second-order valence-electron chi connectivity index (χ2n) is 5.35. The van der Waals surface area contributed by atoms with Crippen LogP contribution in [0.3, 0.4) is 0 Å². The van der Waals surface area contributed by atoms with Gasteiger partial charge in [-0.1, -0.05) is 25.8 Å². The third-order valence-corrected chi connectivity index (χ3v) is 4.82. The van der Waals surface area contributed by atoms with Gasteiger partial charge in [-0.2, -0.15) is 0 Å². The summed E-state index contributed by atoms with van der Waals surface area (Å²) in [5.41, 5.74) is 0.394. The zero-order chi connectivity index (χ0) is 13.9. The van der Waals surface area contributed by atoms with Crippen LogP contribution in [0.5, 0.6) is 0 Å². The summed E-state index contributed by atoms with van der Waals surface area (Å²) in [6.45, 7) is 2.20. The molecule has 1 saturated carbocycles. The Balaban J connectivity index is 1.76. The second-order valence-corrected chi connectivity index (χ2v) is 6.30. The first-order valence-corrected chi connectivity index (χ1v) is 7.92. The summed E-state index contributed by atoms with van der Waals surface area (Å²) in [5, 5.41) is 5.08. The van der Waals surface area contributed by atoms with Crippen molar-refractivity contribution in [2.45, 2.75) is 38.6 Å². The zero-order valence-electron chi connectivity index (χ0n) is 11.5. The van der Waals surface area contributed by atoms with E-state index in [2.05, 4.69) is 17.2 Å². The van der Waals surface area contributed by atoms with Gasteiger partial charge >= 0.3 is 0 Å². The molecule has 0 bridgehead atoms. The van der Waals surface area contributed by atoms with E-state index in [4.69, 9.17) is 4.42 Å². The third-order valence-electron chi connectivity index (χ3n) is 3.96. The average molecular weight is 290 g/mol. The van der Waals surface area contributed by atoms with Gasteiger partial charge in [-0.25, -0.2) is 4.98 Å². The molecule has 1 amide bonds. The van der Waals surface area contributed by atoms with Gasteiger partial charge in [-0.15, -0.1) is 11.3 Å². The zero-order valence-corrected chi connectivity index (χ0v) is 12.3. The Bertz CT molecular complexity index is 576. The highest BCUT2D eigenvalue weighted by atomic mass is 32.1. The molecular formula is C15H18N2O2S. The smallest absolute Gasteiger partial charge is 0.274 e. The Labute approximate surface area is 122 Å². The minimum Gasteiger partial charge on any atom is -0.442 e. The molecule has 5 heteroatoms. The largest absolute Gasteiger partial charge is 0.442 e. The molecule has 0 radical (unpaired) electrons. The monoisotopic (exact) mass is 290 g/mol. The number of amides is 1. The molecular weight excluding hydrogens is 272 g/mol. The highest BCUT2D eigenvalue weighted by molar-refractivity contribution is 7.13. The van der Waals surface area contributed by atoms with Crippen molar-refractivity contribution in [3.05, 3.63) is 29.6 Å². The van der Waals surface area contributed by atoms with Crippen LogP contribution in [0.1, 0.15) is 43.1 Å². The number of aromatic nitrogens is 1.